The summed E-state index contributed by atoms with van der Waals surface area (Å²) in [6.45, 7) is 18.1. The number of carbonyl (C=O) groups is 4. The van der Waals surface area contributed by atoms with Crippen molar-refractivity contribution in [3.63, 3.8) is 0 Å². The van der Waals surface area contributed by atoms with Crippen LogP contribution in [0.1, 0.15) is 337 Å². The van der Waals surface area contributed by atoms with Gasteiger partial charge in [0.1, 0.15) is 38.6 Å². The molecule has 0 radical (unpaired) electrons. The Balaban J connectivity index is 0.572. The van der Waals surface area contributed by atoms with Gasteiger partial charge in [0.05, 0.1) is 38.6 Å². The molecule has 0 spiro atoms. The van der Waals surface area contributed by atoms with E-state index in [1.807, 2.05) is 7.11 Å². The lowest BCUT2D eigenvalue weighted by Gasteiger charge is -2.54. The van der Waals surface area contributed by atoms with Crippen LogP contribution in [0.15, 0.2) is 0 Å². The van der Waals surface area contributed by atoms with E-state index in [4.69, 9.17) is 47.4 Å². The molecule has 17 nitrogen and oxygen atoms in total. The second kappa shape index (κ2) is 44.9. The molecule has 108 heavy (non-hydrogen) atoms. The highest BCUT2D eigenvalue weighted by molar-refractivity contribution is 5.69. The minimum Gasteiger partial charge on any atom is -0.463 e. The summed E-state index contributed by atoms with van der Waals surface area (Å²) in [6.07, 6.45) is 55.4. The molecular formula is C91H157N3O14. The van der Waals surface area contributed by atoms with Gasteiger partial charge in [-0.05, 0) is 309 Å². The predicted octanol–water partition coefficient (Wildman–Crippen LogP) is 20.0. The topological polar surface area (TPSA) is 170 Å². The van der Waals surface area contributed by atoms with Gasteiger partial charge >= 0.3 is 24.2 Å². The molecule has 0 aromatic rings. The third-order valence-corrected chi connectivity index (χ3v) is 30.6. The highest BCUT2D eigenvalue weighted by atomic mass is 16.7. The van der Waals surface area contributed by atoms with Crippen molar-refractivity contribution in [2.75, 3.05) is 66.6 Å². The number of esters is 2. The van der Waals surface area contributed by atoms with Gasteiger partial charge in [-0.2, -0.15) is 0 Å². The molecular weight excluding hydrogens is 1360 g/mol. The lowest BCUT2D eigenvalue weighted by molar-refractivity contribution is -0.145. The van der Waals surface area contributed by atoms with Gasteiger partial charge in [0, 0.05) is 87.9 Å². The Hall–Kier alpha value is -2.80. The molecule has 11 aliphatic rings. The van der Waals surface area contributed by atoms with Gasteiger partial charge in [-0.15, -0.1) is 0 Å². The zero-order valence-corrected chi connectivity index (χ0v) is 69.7. The second-order valence-corrected chi connectivity index (χ2v) is 38.0. The molecule has 0 aromatic carbocycles. The van der Waals surface area contributed by atoms with Crippen molar-refractivity contribution in [2.45, 2.75) is 416 Å². The van der Waals surface area contributed by atoms with E-state index in [1.54, 1.807) is 0 Å². The second-order valence-electron chi connectivity index (χ2n) is 38.0. The summed E-state index contributed by atoms with van der Waals surface area (Å²) in [6, 6.07) is 6.22. The van der Waals surface area contributed by atoms with Crippen LogP contribution < -0.4 is 0 Å². The average Bonchev–Trinajstić information content (AvgIpc) is 0.777. The summed E-state index contributed by atoms with van der Waals surface area (Å²) in [5.74, 6) is 6.94. The van der Waals surface area contributed by atoms with E-state index in [0.717, 1.165) is 98.8 Å². The van der Waals surface area contributed by atoms with Gasteiger partial charge in [-0.1, -0.05) is 80.1 Å². The van der Waals surface area contributed by atoms with Crippen LogP contribution in [0.3, 0.4) is 0 Å². The molecule has 0 N–H and O–H groups in total. The van der Waals surface area contributed by atoms with Crippen LogP contribution in [0.25, 0.3) is 0 Å². The normalized spacial score (nSPS) is 36.8. The molecule has 13 atom stereocenters. The maximum Gasteiger partial charge on any atom is 0.508 e. The average molecular weight is 1520 g/mol. The molecule has 13 unspecified atom stereocenters. The summed E-state index contributed by atoms with van der Waals surface area (Å²) in [5, 5.41) is 0. The van der Waals surface area contributed by atoms with Crippen LogP contribution in [-0.4, -0.2) is 184 Å². The molecule has 11 saturated carbocycles. The largest absolute Gasteiger partial charge is 0.508 e. The number of methoxy groups -OCH3 is 1. The number of carbonyl (C=O) groups excluding carboxylic acids is 4. The minimum absolute atomic E-state index is 0.0911. The number of rotatable bonds is 34. The molecule has 0 aliphatic heterocycles. The molecule has 11 aliphatic carbocycles. The molecule has 0 heterocycles. The van der Waals surface area contributed by atoms with Gasteiger partial charge in [-0.3, -0.25) is 24.3 Å². The van der Waals surface area contributed by atoms with Crippen molar-refractivity contribution in [2.24, 2.45) is 71.0 Å². The van der Waals surface area contributed by atoms with Gasteiger partial charge in [0.2, 0.25) is 0 Å². The molecule has 0 aromatic heterocycles. The smallest absolute Gasteiger partial charge is 0.463 e. The zero-order chi connectivity index (χ0) is 75.7. The van der Waals surface area contributed by atoms with E-state index in [1.165, 1.54) is 238 Å². The van der Waals surface area contributed by atoms with Gasteiger partial charge < -0.3 is 47.4 Å². The summed E-state index contributed by atoms with van der Waals surface area (Å²) in [5.41, 5.74) is 0. The monoisotopic (exact) mass is 1520 g/mol. The predicted molar refractivity (Wildman–Crippen MR) is 426 cm³/mol. The number of nitrogens with zero attached hydrogens (tertiary/aromatic N) is 3. The van der Waals surface area contributed by atoms with Crippen molar-refractivity contribution in [1.82, 2.24) is 14.7 Å². The van der Waals surface area contributed by atoms with Crippen LogP contribution in [0.2, 0.25) is 0 Å². The molecule has 0 amide bonds. The lowest BCUT2D eigenvalue weighted by atomic mass is 9.55. The fourth-order valence-electron chi connectivity index (χ4n) is 24.8. The van der Waals surface area contributed by atoms with E-state index in [9.17, 15) is 19.2 Å². The van der Waals surface area contributed by atoms with E-state index in [-0.39, 0.29) is 89.0 Å². The van der Waals surface area contributed by atoms with Crippen LogP contribution in [0, 0.1) is 71.0 Å². The maximum atomic E-state index is 13.2. The first-order valence-corrected chi connectivity index (χ1v) is 46.1. The number of ether oxygens (including phenoxy) is 10. The summed E-state index contributed by atoms with van der Waals surface area (Å²) < 4.78 is 57.8. The Labute approximate surface area is 656 Å². The molecule has 620 valence electrons. The third-order valence-electron chi connectivity index (χ3n) is 30.6. The van der Waals surface area contributed by atoms with Gasteiger partial charge in [0.15, 0.2) is 0 Å². The lowest BCUT2D eigenvalue weighted by Crippen LogP contribution is -2.54. The van der Waals surface area contributed by atoms with Crippen molar-refractivity contribution < 1.29 is 66.5 Å². The van der Waals surface area contributed by atoms with Crippen LogP contribution >= 0.6 is 0 Å². The summed E-state index contributed by atoms with van der Waals surface area (Å²) >= 11 is 0. The Morgan fingerprint density at radius 2 is 0.741 bits per heavy atom. The van der Waals surface area contributed by atoms with Gasteiger partial charge in [-0.25, -0.2) is 9.59 Å². The Morgan fingerprint density at radius 1 is 0.343 bits per heavy atom. The summed E-state index contributed by atoms with van der Waals surface area (Å²) in [7, 11) is 1.94. The van der Waals surface area contributed by atoms with Crippen molar-refractivity contribution in [3.8, 4) is 0 Å². The quantitative estimate of drug-likeness (QED) is 0.0338. The highest BCUT2D eigenvalue weighted by Gasteiger charge is 2.50. The van der Waals surface area contributed by atoms with Crippen LogP contribution in [-0.2, 0) is 57.0 Å². The van der Waals surface area contributed by atoms with Crippen molar-refractivity contribution in [3.05, 3.63) is 0 Å². The Kier molecular flexibility index (Phi) is 35.8. The first kappa shape index (κ1) is 86.1. The molecule has 0 saturated heterocycles. The standard InChI is InChI=1S/C91H157N3O14/c1-63-28-38-75(39-29-63)92(76-40-30-64(2)31-41-76)77-46-36-72(37-47-77)89(85-58-68(6)87(60-66(85)4)108-91(98)106-56-52-100-49-53-102-69(7)95)84-57-67(5)86(59-65(84)3)103-48-16-15-27-88(96)104-54-50-101-51-55-105-90(97)107-83-26-18-24-81(62-83)94(74-21-13-10-14-22-74)79-44-34-71(35-45-79)70-32-42-78(43-33-70)93(73-19-11-9-12-20-73)80-23-17-25-82(61-80)99-8/h63-68,70-87,89H,9-62H2,1-8H3. The highest BCUT2D eigenvalue weighted by Crippen LogP contribution is 2.55. The first-order chi connectivity index (χ1) is 52.5. The first-order valence-electron chi connectivity index (χ1n) is 46.1. The zero-order valence-electron chi connectivity index (χ0n) is 69.7. The third kappa shape index (κ3) is 25.6. The molecule has 11 rings (SSSR count). The van der Waals surface area contributed by atoms with Crippen molar-refractivity contribution >= 4 is 24.2 Å². The number of unbranched alkanes of at least 4 members (excludes halogenated alkanes) is 1. The molecule has 0 bridgehead atoms. The number of hydrogen-bond donors (Lipinski definition) is 0. The van der Waals surface area contributed by atoms with E-state index >= 15 is 0 Å². The van der Waals surface area contributed by atoms with Crippen LogP contribution in [0.4, 0.5) is 9.59 Å². The van der Waals surface area contributed by atoms with Crippen molar-refractivity contribution in [1.29, 1.82) is 0 Å². The Morgan fingerprint density at radius 3 is 1.23 bits per heavy atom. The van der Waals surface area contributed by atoms with E-state index in [2.05, 4.69) is 56.2 Å². The number of hydrogen-bond acceptors (Lipinski definition) is 17. The fraction of sp³-hybridized carbons (Fsp3) is 0.956. The maximum absolute atomic E-state index is 13.2. The van der Waals surface area contributed by atoms with E-state index < -0.39 is 12.3 Å². The van der Waals surface area contributed by atoms with Crippen LogP contribution in [0.5, 0.6) is 0 Å². The fourth-order valence-corrected chi connectivity index (χ4v) is 24.8. The van der Waals surface area contributed by atoms with Gasteiger partial charge in [0.25, 0.3) is 0 Å². The summed E-state index contributed by atoms with van der Waals surface area (Å²) in [4.78, 5) is 59.6. The minimum atomic E-state index is -0.630. The molecule has 11 fully saturated rings. The SMILES string of the molecule is COC1CCCC(N(C2CCCCC2)C2CCC(C3CCC(N(C4CCCCC4)C4CCCC(OC(=O)OCCOCCOC(=O)CCCCOC5CC(C)C(C(C6CCC(N(C7CCC(C)CC7)C7CCC(C)CC7)CC6)C6CC(C)C(OC(=O)OCCOCCOC(C)=O)CC6C)CC5C)C4)CC3)CC2)C1. The Bertz CT molecular complexity index is 2540. The molecule has 17 heteroatoms. The van der Waals surface area contributed by atoms with E-state index in [0.29, 0.717) is 91.1 Å².